The van der Waals surface area contributed by atoms with Gasteiger partial charge in [0, 0.05) is 25.1 Å². The quantitative estimate of drug-likeness (QED) is 0.642. The second kappa shape index (κ2) is 7.97. The van der Waals surface area contributed by atoms with E-state index < -0.39 is 0 Å². The van der Waals surface area contributed by atoms with Gasteiger partial charge in [0.15, 0.2) is 0 Å². The molecule has 1 amide bonds. The fourth-order valence-corrected chi connectivity index (χ4v) is 3.60. The average molecular weight is 375 g/mol. The maximum atomic E-state index is 12.5. The van der Waals surface area contributed by atoms with E-state index in [4.69, 9.17) is 4.52 Å². The Morgan fingerprint density at radius 1 is 0.964 bits per heavy atom. The first-order valence-electron chi connectivity index (χ1n) is 9.94. The standard InChI is InChI=1S/C23H25N3O2/c1-3-16-5-7-18(8-6-16)14-26-15-20(13-21(26)27)23-24-22(25-28-23)19-11-9-17(4-2)10-12-19/h5-12,20H,3-4,13-15H2,1-2H3. The first kappa shape index (κ1) is 18.4. The summed E-state index contributed by atoms with van der Waals surface area (Å²) in [6.07, 6.45) is 2.44. The molecule has 1 aliphatic rings. The summed E-state index contributed by atoms with van der Waals surface area (Å²) in [5.41, 5.74) is 4.66. The summed E-state index contributed by atoms with van der Waals surface area (Å²) in [4.78, 5) is 18.9. The number of carbonyl (C=O) groups excluding carboxylic acids is 1. The van der Waals surface area contributed by atoms with Crippen molar-refractivity contribution in [3.8, 4) is 11.4 Å². The first-order valence-corrected chi connectivity index (χ1v) is 9.94. The van der Waals surface area contributed by atoms with E-state index in [1.807, 2.05) is 17.0 Å². The number of aromatic nitrogens is 2. The number of nitrogens with zero attached hydrogens (tertiary/aromatic N) is 3. The molecule has 3 aromatic rings. The Labute approximate surface area is 165 Å². The van der Waals surface area contributed by atoms with E-state index >= 15 is 0 Å². The number of amides is 1. The minimum absolute atomic E-state index is 0.0430. The van der Waals surface area contributed by atoms with Crippen LogP contribution in [0.3, 0.4) is 0 Å². The fraction of sp³-hybridized carbons (Fsp3) is 0.348. The molecule has 0 radical (unpaired) electrons. The molecule has 2 aromatic carbocycles. The van der Waals surface area contributed by atoms with Gasteiger partial charge in [-0.05, 0) is 29.5 Å². The molecule has 28 heavy (non-hydrogen) atoms. The van der Waals surface area contributed by atoms with Crippen LogP contribution in [0.5, 0.6) is 0 Å². The molecule has 0 bridgehead atoms. The molecule has 144 valence electrons. The molecule has 1 fully saturated rings. The zero-order chi connectivity index (χ0) is 19.5. The lowest BCUT2D eigenvalue weighted by Crippen LogP contribution is -2.24. The Bertz CT molecular complexity index is 945. The molecular weight excluding hydrogens is 350 g/mol. The van der Waals surface area contributed by atoms with E-state index in [9.17, 15) is 4.79 Å². The summed E-state index contributed by atoms with van der Waals surface area (Å²) >= 11 is 0. The molecular formula is C23H25N3O2. The SMILES string of the molecule is CCc1ccc(CN2CC(c3nc(-c4ccc(CC)cc4)no3)CC2=O)cc1. The van der Waals surface area contributed by atoms with Gasteiger partial charge in [0.2, 0.25) is 17.6 Å². The van der Waals surface area contributed by atoms with Gasteiger partial charge in [-0.2, -0.15) is 4.98 Å². The summed E-state index contributed by atoms with van der Waals surface area (Å²) in [5, 5.41) is 4.12. The van der Waals surface area contributed by atoms with E-state index in [1.54, 1.807) is 0 Å². The molecule has 1 aromatic heterocycles. The van der Waals surface area contributed by atoms with Gasteiger partial charge in [0.1, 0.15) is 0 Å². The topological polar surface area (TPSA) is 59.2 Å². The molecule has 0 saturated carbocycles. The maximum Gasteiger partial charge on any atom is 0.232 e. The van der Waals surface area contributed by atoms with Crippen LogP contribution >= 0.6 is 0 Å². The van der Waals surface area contributed by atoms with Crippen molar-refractivity contribution >= 4 is 5.91 Å². The van der Waals surface area contributed by atoms with Crippen LogP contribution < -0.4 is 0 Å². The molecule has 0 aliphatic carbocycles. The summed E-state index contributed by atoms with van der Waals surface area (Å²) in [7, 11) is 0. The average Bonchev–Trinajstić information content (AvgIpc) is 3.36. The second-order valence-electron chi connectivity index (χ2n) is 7.35. The van der Waals surface area contributed by atoms with Crippen LogP contribution in [-0.4, -0.2) is 27.5 Å². The normalized spacial score (nSPS) is 16.7. The number of likely N-dealkylation sites (tertiary alicyclic amines) is 1. The van der Waals surface area contributed by atoms with Gasteiger partial charge in [-0.3, -0.25) is 4.79 Å². The van der Waals surface area contributed by atoms with Crippen molar-refractivity contribution in [2.45, 2.75) is 45.6 Å². The molecule has 5 nitrogen and oxygen atoms in total. The number of aryl methyl sites for hydroxylation is 2. The summed E-state index contributed by atoms with van der Waals surface area (Å²) in [5.74, 6) is 1.22. The molecule has 0 N–H and O–H groups in total. The maximum absolute atomic E-state index is 12.5. The lowest BCUT2D eigenvalue weighted by atomic mass is 10.1. The zero-order valence-electron chi connectivity index (χ0n) is 16.4. The van der Waals surface area contributed by atoms with Gasteiger partial charge in [0.05, 0.1) is 5.92 Å². The van der Waals surface area contributed by atoms with Crippen LogP contribution in [0.1, 0.15) is 48.8 Å². The number of benzene rings is 2. The van der Waals surface area contributed by atoms with Gasteiger partial charge in [-0.1, -0.05) is 67.5 Å². The van der Waals surface area contributed by atoms with Crippen LogP contribution in [0.15, 0.2) is 53.1 Å². The third kappa shape index (κ3) is 3.84. The van der Waals surface area contributed by atoms with E-state index in [-0.39, 0.29) is 11.8 Å². The van der Waals surface area contributed by atoms with E-state index in [1.165, 1.54) is 11.1 Å². The first-order chi connectivity index (χ1) is 13.7. The molecule has 5 heteroatoms. The summed E-state index contributed by atoms with van der Waals surface area (Å²) in [6, 6.07) is 16.6. The highest BCUT2D eigenvalue weighted by Gasteiger charge is 2.34. The monoisotopic (exact) mass is 375 g/mol. The number of carbonyl (C=O) groups is 1. The fourth-order valence-electron chi connectivity index (χ4n) is 3.60. The smallest absolute Gasteiger partial charge is 0.232 e. The van der Waals surface area contributed by atoms with Crippen molar-refractivity contribution in [1.29, 1.82) is 0 Å². The number of hydrogen-bond acceptors (Lipinski definition) is 4. The lowest BCUT2D eigenvalue weighted by Gasteiger charge is -2.16. The minimum atomic E-state index is -0.0430. The predicted octanol–water partition coefficient (Wildman–Crippen LogP) is 4.38. The van der Waals surface area contributed by atoms with Gasteiger partial charge in [0.25, 0.3) is 0 Å². The Balaban J connectivity index is 1.44. The van der Waals surface area contributed by atoms with Crippen molar-refractivity contribution in [2.24, 2.45) is 0 Å². The third-order valence-electron chi connectivity index (χ3n) is 5.43. The highest BCUT2D eigenvalue weighted by molar-refractivity contribution is 5.79. The Morgan fingerprint density at radius 3 is 2.21 bits per heavy atom. The zero-order valence-corrected chi connectivity index (χ0v) is 16.4. The van der Waals surface area contributed by atoms with Gasteiger partial charge < -0.3 is 9.42 Å². The Hall–Kier alpha value is -2.95. The summed E-state index contributed by atoms with van der Waals surface area (Å²) in [6.45, 7) is 5.51. The largest absolute Gasteiger partial charge is 0.339 e. The molecule has 1 atom stereocenters. The number of rotatable bonds is 6. The highest BCUT2D eigenvalue weighted by atomic mass is 16.5. The van der Waals surface area contributed by atoms with Gasteiger partial charge >= 0.3 is 0 Å². The van der Waals surface area contributed by atoms with E-state index in [0.29, 0.717) is 31.2 Å². The number of hydrogen-bond donors (Lipinski definition) is 0. The molecule has 1 aliphatic heterocycles. The van der Waals surface area contributed by atoms with Crippen LogP contribution in [0.2, 0.25) is 0 Å². The molecule has 1 unspecified atom stereocenters. The second-order valence-corrected chi connectivity index (χ2v) is 7.35. The van der Waals surface area contributed by atoms with Gasteiger partial charge in [-0.15, -0.1) is 0 Å². The van der Waals surface area contributed by atoms with E-state index in [0.717, 1.165) is 24.0 Å². The summed E-state index contributed by atoms with van der Waals surface area (Å²) < 4.78 is 5.50. The van der Waals surface area contributed by atoms with Crippen molar-refractivity contribution < 1.29 is 9.32 Å². The van der Waals surface area contributed by atoms with Crippen LogP contribution in [0, 0.1) is 0 Å². The van der Waals surface area contributed by atoms with Crippen LogP contribution in [0.25, 0.3) is 11.4 Å². The van der Waals surface area contributed by atoms with Crippen LogP contribution in [-0.2, 0) is 24.2 Å². The molecule has 2 heterocycles. The minimum Gasteiger partial charge on any atom is -0.339 e. The van der Waals surface area contributed by atoms with Crippen molar-refractivity contribution in [2.75, 3.05) is 6.54 Å². The molecule has 4 rings (SSSR count). The Morgan fingerprint density at radius 2 is 1.57 bits per heavy atom. The van der Waals surface area contributed by atoms with Crippen LogP contribution in [0.4, 0.5) is 0 Å². The van der Waals surface area contributed by atoms with Crippen molar-refractivity contribution in [3.05, 3.63) is 71.1 Å². The predicted molar refractivity (Wildman–Crippen MR) is 108 cm³/mol. The third-order valence-corrected chi connectivity index (χ3v) is 5.43. The molecule has 1 saturated heterocycles. The van der Waals surface area contributed by atoms with Crippen molar-refractivity contribution in [1.82, 2.24) is 15.0 Å². The van der Waals surface area contributed by atoms with Gasteiger partial charge in [-0.25, -0.2) is 0 Å². The highest BCUT2D eigenvalue weighted by Crippen LogP contribution is 2.29. The lowest BCUT2D eigenvalue weighted by molar-refractivity contribution is -0.128. The van der Waals surface area contributed by atoms with Crippen molar-refractivity contribution in [3.63, 3.8) is 0 Å². The Kier molecular flexibility index (Phi) is 5.24. The molecule has 0 spiro atoms. The van der Waals surface area contributed by atoms with E-state index in [2.05, 4.69) is 60.4 Å².